The minimum Gasteiger partial charge on any atom is -0.491 e. The fraction of sp³-hybridized carbons (Fsp3) is 0.538. The first kappa shape index (κ1) is 47.9. The minimum atomic E-state index is -0.964. The normalized spacial score (nSPS) is 21.2. The zero-order chi connectivity index (χ0) is 49.5. The van der Waals surface area contributed by atoms with E-state index in [2.05, 4.69) is 54.6 Å². The van der Waals surface area contributed by atoms with Crippen molar-refractivity contribution in [2.24, 2.45) is 0 Å². The summed E-state index contributed by atoms with van der Waals surface area (Å²) in [6.45, 7) is 7.07. The van der Waals surface area contributed by atoms with Crippen LogP contribution in [0.25, 0.3) is 0 Å². The van der Waals surface area contributed by atoms with Gasteiger partial charge in [-0.15, -0.1) is 0 Å². The molecular weight excluding hydrogens is 905 g/mol. The van der Waals surface area contributed by atoms with Crippen molar-refractivity contribution in [3.8, 4) is 11.5 Å². The van der Waals surface area contributed by atoms with Crippen LogP contribution in [0.3, 0.4) is 0 Å². The number of aromatic carboxylic acids is 1. The van der Waals surface area contributed by atoms with Gasteiger partial charge in [0, 0.05) is 61.8 Å². The second-order valence-electron chi connectivity index (χ2n) is 19.9. The predicted octanol–water partition coefficient (Wildman–Crippen LogP) is 6.84. The number of carbonyl (C=O) groups is 4. The summed E-state index contributed by atoms with van der Waals surface area (Å²) in [6.07, 6.45) is 17.0. The van der Waals surface area contributed by atoms with Crippen molar-refractivity contribution >= 4 is 70.0 Å². The fourth-order valence-electron chi connectivity index (χ4n) is 11.7. The third kappa shape index (κ3) is 9.12. The van der Waals surface area contributed by atoms with Crippen LogP contribution in [-0.4, -0.2) is 131 Å². The van der Waals surface area contributed by atoms with Crippen molar-refractivity contribution in [3.05, 3.63) is 58.9 Å². The molecule has 19 nitrogen and oxygen atoms in total. The van der Waals surface area contributed by atoms with Crippen LogP contribution >= 0.6 is 0 Å². The number of likely N-dealkylation sites (tertiary alicyclic amines) is 1. The number of ether oxygens (including phenoxy) is 2. The van der Waals surface area contributed by atoms with Crippen molar-refractivity contribution in [1.82, 2.24) is 30.2 Å². The lowest BCUT2D eigenvalue weighted by molar-refractivity contribution is -0.120. The summed E-state index contributed by atoms with van der Waals surface area (Å²) in [5.74, 6) is 2.83. The van der Waals surface area contributed by atoms with E-state index in [1.807, 2.05) is 26.1 Å². The lowest BCUT2D eigenvalue weighted by Crippen LogP contribution is -2.55. The van der Waals surface area contributed by atoms with Gasteiger partial charge < -0.3 is 55.0 Å². The summed E-state index contributed by atoms with van der Waals surface area (Å²) in [5.41, 5.74) is 5.38. The van der Waals surface area contributed by atoms with Crippen molar-refractivity contribution in [3.63, 3.8) is 0 Å². The quantitative estimate of drug-likeness (QED) is 0.121. The number of carbonyl (C=O) groups excluding carboxylic acids is 3. The maximum absolute atomic E-state index is 13.2. The number of piperidine rings is 1. The van der Waals surface area contributed by atoms with Crippen molar-refractivity contribution in [1.29, 1.82) is 0 Å². The van der Waals surface area contributed by atoms with Gasteiger partial charge in [-0.1, -0.05) is 39.5 Å². The lowest BCUT2D eigenvalue weighted by atomic mass is 10.0. The van der Waals surface area contributed by atoms with E-state index < -0.39 is 5.97 Å². The molecule has 11 rings (SSSR count). The van der Waals surface area contributed by atoms with Crippen LogP contribution in [0.1, 0.15) is 123 Å². The molecule has 0 bridgehead atoms. The Morgan fingerprint density at radius 3 is 1.56 bits per heavy atom. The summed E-state index contributed by atoms with van der Waals surface area (Å²) < 4.78 is 11.7. The van der Waals surface area contributed by atoms with Gasteiger partial charge in [0.15, 0.2) is 11.6 Å². The maximum atomic E-state index is 13.2. The molecule has 3 amide bonds. The molecule has 1 saturated heterocycles. The van der Waals surface area contributed by atoms with Crippen LogP contribution < -0.4 is 45.0 Å². The van der Waals surface area contributed by atoms with Crippen LogP contribution in [0.4, 0.5) is 46.3 Å². The number of carboxylic acids is 1. The molecule has 5 aliphatic heterocycles. The standard InChI is InChI=1S/C29H39N7O3.C23H27N5O4/c1-4-23-28(38)35(3)24-17-30-29(33-26(24)36(23)19-7-5-6-8-19)32-22-10-9-21(20-13-16-39-25(20)22)27(37)31-18-11-14-34(2)15-12-18;1-3-17-21(29)27(2)18-12-24-23(26-20(18)28(17)13-6-4-5-7-13)25-16-9-8-15(22(30)31)14-10-11-32-19(14)16/h9-10,17-19,23H,4-8,11-16H2,1-3H3,(H,31,37)(H,30,32,33);8-9,12-13,17H,3-7,10-11H2,1-2H3,(H,30,31)(H,24,25,26)/t23-;17-/m11/s1. The third-order valence-electron chi connectivity index (χ3n) is 15.6. The Morgan fingerprint density at radius 2 is 1.11 bits per heavy atom. The largest absolute Gasteiger partial charge is 0.491 e. The van der Waals surface area contributed by atoms with E-state index in [4.69, 9.17) is 19.4 Å². The molecule has 7 aliphatic rings. The average Bonchev–Trinajstić information content (AvgIpc) is 4.24. The van der Waals surface area contributed by atoms with Crippen molar-refractivity contribution in [2.45, 2.75) is 134 Å². The lowest BCUT2D eigenvalue weighted by Gasteiger charge is -2.43. The molecule has 2 aromatic carbocycles. The first-order chi connectivity index (χ1) is 34.4. The van der Waals surface area contributed by atoms with Crippen LogP contribution in [0.5, 0.6) is 11.5 Å². The van der Waals surface area contributed by atoms with Gasteiger partial charge in [-0.2, -0.15) is 9.97 Å². The second kappa shape index (κ2) is 20.2. The number of benzene rings is 2. The molecule has 3 fully saturated rings. The second-order valence-corrected chi connectivity index (χ2v) is 19.9. The highest BCUT2D eigenvalue weighted by atomic mass is 16.5. The molecule has 71 heavy (non-hydrogen) atoms. The van der Waals surface area contributed by atoms with E-state index >= 15 is 0 Å². The Hall–Kier alpha value is -6.76. The SMILES string of the molecule is CC[C@@H]1C(=O)N(C)c2cnc(Nc3ccc(C(=O)NC4CCN(C)CC4)c4c3OCC4)nc2N1C1CCCC1.CC[C@@H]1C(=O)N(C)c2cnc(Nc3ccc(C(=O)O)c4c3OCC4)nc2N1C1CCCC1. The van der Waals surface area contributed by atoms with Crippen LogP contribution in [0, 0.1) is 0 Å². The van der Waals surface area contributed by atoms with E-state index in [1.165, 1.54) is 12.8 Å². The first-order valence-electron chi connectivity index (χ1n) is 25.6. The molecule has 2 saturated carbocycles. The number of nitrogens with one attached hydrogen (secondary N) is 3. The van der Waals surface area contributed by atoms with Crippen LogP contribution in [-0.2, 0) is 22.4 Å². The zero-order valence-corrected chi connectivity index (χ0v) is 41.5. The first-order valence-corrected chi connectivity index (χ1v) is 25.6. The van der Waals surface area contributed by atoms with E-state index in [-0.39, 0.29) is 41.4 Å². The van der Waals surface area contributed by atoms with Gasteiger partial charge in [-0.25, -0.2) is 14.8 Å². The maximum Gasteiger partial charge on any atom is 0.336 e. The predicted molar refractivity (Wildman–Crippen MR) is 271 cm³/mol. The highest BCUT2D eigenvalue weighted by Crippen LogP contribution is 2.44. The Balaban J connectivity index is 0.000000167. The number of amides is 3. The minimum absolute atomic E-state index is 0.0339. The molecule has 2 aliphatic carbocycles. The Bertz CT molecular complexity index is 2700. The summed E-state index contributed by atoms with van der Waals surface area (Å²) in [6, 6.07) is 7.39. The van der Waals surface area contributed by atoms with Gasteiger partial charge in [0.25, 0.3) is 5.91 Å². The monoisotopic (exact) mass is 971 g/mol. The van der Waals surface area contributed by atoms with E-state index in [9.17, 15) is 24.3 Å². The summed E-state index contributed by atoms with van der Waals surface area (Å²) in [5, 5.41) is 19.3. The number of hydrogen-bond donors (Lipinski definition) is 4. The Kier molecular flexibility index (Phi) is 13.6. The number of carboxylic acid groups (broad SMARTS) is 1. The Labute approximate surface area is 414 Å². The van der Waals surface area contributed by atoms with E-state index in [0.717, 1.165) is 99.5 Å². The summed E-state index contributed by atoms with van der Waals surface area (Å²) >= 11 is 0. The number of anilines is 8. The molecule has 4 aromatic rings. The molecule has 2 atom stereocenters. The number of nitrogens with zero attached hydrogens (tertiary/aromatic N) is 9. The molecule has 0 radical (unpaired) electrons. The highest BCUT2D eigenvalue weighted by molar-refractivity contribution is 6.05. The van der Waals surface area contributed by atoms with Crippen molar-refractivity contribution in [2.75, 3.05) is 77.7 Å². The number of rotatable bonds is 11. The molecule has 2 aromatic heterocycles. The molecular formula is C52H66N12O7. The zero-order valence-electron chi connectivity index (χ0n) is 41.5. The number of aromatic nitrogens is 4. The third-order valence-corrected chi connectivity index (χ3v) is 15.6. The van der Waals surface area contributed by atoms with Crippen LogP contribution in [0.15, 0.2) is 36.7 Å². The molecule has 7 heterocycles. The van der Waals surface area contributed by atoms with Gasteiger partial charge in [0.1, 0.15) is 35.0 Å². The average molecular weight is 971 g/mol. The van der Waals surface area contributed by atoms with Gasteiger partial charge in [0.05, 0.1) is 42.5 Å². The molecule has 0 spiro atoms. The highest BCUT2D eigenvalue weighted by Gasteiger charge is 2.43. The molecule has 376 valence electrons. The van der Waals surface area contributed by atoms with Crippen LogP contribution in [0.2, 0.25) is 0 Å². The van der Waals surface area contributed by atoms with Gasteiger partial charge in [-0.05, 0) is 95.8 Å². The summed E-state index contributed by atoms with van der Waals surface area (Å²) in [7, 11) is 5.70. The van der Waals surface area contributed by atoms with Gasteiger partial charge in [-0.3, -0.25) is 14.4 Å². The Morgan fingerprint density at radius 1 is 0.662 bits per heavy atom. The summed E-state index contributed by atoms with van der Waals surface area (Å²) in [4.78, 5) is 79.8. The number of hydrogen-bond acceptors (Lipinski definition) is 15. The smallest absolute Gasteiger partial charge is 0.336 e. The van der Waals surface area contributed by atoms with E-state index in [1.54, 1.807) is 41.4 Å². The molecule has 0 unspecified atom stereocenters. The number of fused-ring (bicyclic) bond motifs is 4. The molecule has 4 N–H and O–H groups in total. The van der Waals surface area contributed by atoms with Gasteiger partial charge >= 0.3 is 5.97 Å². The van der Waals surface area contributed by atoms with E-state index in [0.29, 0.717) is 90.5 Å². The number of likely N-dealkylation sites (N-methyl/N-ethyl adjacent to an activating group) is 2. The van der Waals surface area contributed by atoms with Crippen molar-refractivity contribution < 1.29 is 33.8 Å². The van der Waals surface area contributed by atoms with Gasteiger partial charge in [0.2, 0.25) is 23.7 Å². The molecule has 19 heteroatoms. The fourth-order valence-corrected chi connectivity index (χ4v) is 11.7. The topological polar surface area (TPSA) is 211 Å².